The number of carboxylic acids is 1. The third-order valence-corrected chi connectivity index (χ3v) is 6.06. The van der Waals surface area contributed by atoms with Gasteiger partial charge in [0.2, 0.25) is 10.2 Å². The molecule has 0 aliphatic heterocycles. The minimum Gasteiger partial charge on any atom is -0.479 e. The van der Waals surface area contributed by atoms with Gasteiger partial charge in [-0.1, -0.05) is 84.2 Å². The van der Waals surface area contributed by atoms with E-state index in [0.717, 1.165) is 0 Å². The number of carbonyl (C=O) groups excluding carboxylic acids is 4. The number of rotatable bonds is 10. The molecule has 0 fully saturated rings. The second-order valence-electron chi connectivity index (χ2n) is 6.49. The second-order valence-corrected chi connectivity index (χ2v) is 8.38. The number of nitrogens with two attached hydrogens (primary N) is 2. The molecule has 2 rings (SSSR count). The molecule has 2 aromatic carbocycles. The molecule has 0 unspecified atom stereocenters. The van der Waals surface area contributed by atoms with Crippen LogP contribution in [0.5, 0.6) is 0 Å². The van der Waals surface area contributed by atoms with Crippen LogP contribution in [-0.2, 0) is 14.4 Å². The highest BCUT2D eigenvalue weighted by Crippen LogP contribution is 2.22. The molecule has 0 saturated heterocycles. The zero-order chi connectivity index (χ0) is 23.0. The van der Waals surface area contributed by atoms with Crippen LogP contribution in [0.2, 0.25) is 0 Å². The molecule has 8 nitrogen and oxygen atoms in total. The summed E-state index contributed by atoms with van der Waals surface area (Å²) >= 11 is 1.23. The van der Waals surface area contributed by atoms with Gasteiger partial charge in [0.1, 0.15) is 5.92 Å². The van der Waals surface area contributed by atoms with Crippen LogP contribution in [0.15, 0.2) is 60.7 Å². The van der Waals surface area contributed by atoms with Crippen molar-refractivity contribution in [3.63, 3.8) is 0 Å². The molecule has 162 valence electrons. The summed E-state index contributed by atoms with van der Waals surface area (Å²) in [7, 11) is 0. The first kappa shape index (κ1) is 24.5. The summed E-state index contributed by atoms with van der Waals surface area (Å²) < 4.78 is 0. The molecule has 0 atom stereocenters. The van der Waals surface area contributed by atoms with Crippen molar-refractivity contribution in [2.24, 2.45) is 17.4 Å². The van der Waals surface area contributed by atoms with Crippen LogP contribution in [0.25, 0.3) is 0 Å². The number of Topliss-reactive ketones (excluding diaryl/α,β-unsaturated/α-hetero) is 2. The van der Waals surface area contributed by atoms with E-state index in [9.17, 15) is 29.1 Å². The highest BCUT2D eigenvalue weighted by Gasteiger charge is 2.47. The number of carboxylic acid groups (broad SMARTS) is 1. The first-order valence-electron chi connectivity index (χ1n) is 8.95. The SMILES string of the molecule is NC(N)(C(=O)O)C(C(=O)CSC(=O)c1ccccc1)C(=O)CSC(=O)c1ccccc1. The molecule has 5 N–H and O–H groups in total. The van der Waals surface area contributed by atoms with Gasteiger partial charge in [-0.2, -0.15) is 0 Å². The average Bonchev–Trinajstić information content (AvgIpc) is 2.76. The Kier molecular flexibility index (Phi) is 8.69. The van der Waals surface area contributed by atoms with Crippen LogP contribution in [0.3, 0.4) is 0 Å². The summed E-state index contributed by atoms with van der Waals surface area (Å²) in [6, 6.07) is 16.3. The fraction of sp³-hybridized carbons (Fsp3) is 0.190. The summed E-state index contributed by atoms with van der Waals surface area (Å²) in [5.41, 5.74) is 9.19. The number of hydrogen-bond acceptors (Lipinski definition) is 9. The Bertz CT molecular complexity index is 912. The van der Waals surface area contributed by atoms with E-state index < -0.39 is 50.9 Å². The van der Waals surface area contributed by atoms with E-state index >= 15 is 0 Å². The minimum absolute atomic E-state index is 0.345. The molecule has 0 spiro atoms. The Labute approximate surface area is 186 Å². The number of ketones is 2. The van der Waals surface area contributed by atoms with Crippen LogP contribution in [0, 0.1) is 5.92 Å². The summed E-state index contributed by atoms with van der Waals surface area (Å²) in [5, 5.41) is 8.46. The summed E-state index contributed by atoms with van der Waals surface area (Å²) in [6.45, 7) is 0. The molecule has 0 aliphatic carbocycles. The molecular weight excluding hydrogens is 440 g/mol. The standard InChI is InChI=1S/C21H20N2O6S2/c22-21(23,20(28)29)17(15(24)11-30-18(26)13-7-3-1-4-8-13)16(25)12-31-19(27)14-9-5-2-6-10-14/h1-10,17H,11-12,22-23H2,(H,28,29). The van der Waals surface area contributed by atoms with E-state index in [0.29, 0.717) is 34.7 Å². The summed E-state index contributed by atoms with van der Waals surface area (Å²) in [6.07, 6.45) is 0. The number of thioether (sulfide) groups is 2. The Morgan fingerprint density at radius 2 is 1.10 bits per heavy atom. The topological polar surface area (TPSA) is 158 Å². The van der Waals surface area contributed by atoms with Crippen molar-refractivity contribution in [1.29, 1.82) is 0 Å². The van der Waals surface area contributed by atoms with Crippen molar-refractivity contribution >= 4 is 51.3 Å². The van der Waals surface area contributed by atoms with Gasteiger partial charge in [0, 0.05) is 11.1 Å². The number of aliphatic carboxylic acids is 1. The van der Waals surface area contributed by atoms with E-state index in [1.165, 1.54) is 0 Å². The fourth-order valence-corrected chi connectivity index (χ4v) is 4.08. The number of carbonyl (C=O) groups is 5. The number of hydrogen-bond donors (Lipinski definition) is 3. The van der Waals surface area contributed by atoms with Crippen molar-refractivity contribution in [2.75, 3.05) is 11.5 Å². The highest BCUT2D eigenvalue weighted by atomic mass is 32.2. The maximum Gasteiger partial charge on any atom is 0.339 e. The van der Waals surface area contributed by atoms with Crippen LogP contribution < -0.4 is 11.5 Å². The Morgan fingerprint density at radius 3 is 1.42 bits per heavy atom. The molecule has 0 aliphatic rings. The van der Waals surface area contributed by atoms with Crippen LogP contribution in [-0.4, -0.2) is 50.0 Å². The Hall–Kier alpha value is -2.79. The third kappa shape index (κ3) is 6.59. The van der Waals surface area contributed by atoms with Gasteiger partial charge < -0.3 is 16.6 Å². The van der Waals surface area contributed by atoms with E-state index in [1.54, 1.807) is 60.7 Å². The lowest BCUT2D eigenvalue weighted by Gasteiger charge is -2.27. The van der Waals surface area contributed by atoms with Gasteiger partial charge in [0.15, 0.2) is 17.2 Å². The van der Waals surface area contributed by atoms with Gasteiger partial charge in [-0.25, -0.2) is 4.79 Å². The molecule has 0 saturated carbocycles. The largest absolute Gasteiger partial charge is 0.479 e. The van der Waals surface area contributed by atoms with Gasteiger partial charge >= 0.3 is 5.97 Å². The maximum absolute atomic E-state index is 12.7. The van der Waals surface area contributed by atoms with Crippen molar-refractivity contribution in [2.45, 2.75) is 5.66 Å². The molecule has 2 aromatic rings. The van der Waals surface area contributed by atoms with Crippen LogP contribution in [0.4, 0.5) is 0 Å². The van der Waals surface area contributed by atoms with Crippen molar-refractivity contribution in [1.82, 2.24) is 0 Å². The van der Waals surface area contributed by atoms with Gasteiger partial charge in [-0.3, -0.25) is 19.2 Å². The summed E-state index contributed by atoms with van der Waals surface area (Å²) in [5.74, 6) is -6.47. The minimum atomic E-state index is -2.68. The van der Waals surface area contributed by atoms with Crippen molar-refractivity contribution in [3.8, 4) is 0 Å². The monoisotopic (exact) mass is 460 g/mol. The quantitative estimate of drug-likeness (QED) is 0.351. The third-order valence-electron chi connectivity index (χ3n) is 4.20. The highest BCUT2D eigenvalue weighted by molar-refractivity contribution is 8.15. The first-order chi connectivity index (χ1) is 14.6. The van der Waals surface area contributed by atoms with Gasteiger partial charge in [-0.15, -0.1) is 0 Å². The van der Waals surface area contributed by atoms with Crippen molar-refractivity contribution in [3.05, 3.63) is 71.8 Å². The zero-order valence-electron chi connectivity index (χ0n) is 16.2. The predicted molar refractivity (Wildman–Crippen MR) is 119 cm³/mol. The van der Waals surface area contributed by atoms with E-state index in [-0.39, 0.29) is 0 Å². The van der Waals surface area contributed by atoms with Gasteiger partial charge in [-0.05, 0) is 0 Å². The first-order valence-corrected chi connectivity index (χ1v) is 10.9. The van der Waals surface area contributed by atoms with Crippen molar-refractivity contribution < 1.29 is 29.1 Å². The second kappa shape index (κ2) is 11.0. The van der Waals surface area contributed by atoms with Crippen LogP contribution in [0.1, 0.15) is 20.7 Å². The van der Waals surface area contributed by atoms with Gasteiger partial charge in [0.05, 0.1) is 11.5 Å². The molecule has 10 heteroatoms. The van der Waals surface area contributed by atoms with Gasteiger partial charge in [0.25, 0.3) is 0 Å². The van der Waals surface area contributed by atoms with E-state index in [2.05, 4.69) is 0 Å². The predicted octanol–water partition coefficient (Wildman–Crippen LogP) is 1.59. The fourth-order valence-electron chi connectivity index (χ4n) is 2.59. The lowest BCUT2D eigenvalue weighted by atomic mass is 9.87. The molecule has 0 amide bonds. The maximum atomic E-state index is 12.7. The zero-order valence-corrected chi connectivity index (χ0v) is 17.9. The summed E-state index contributed by atoms with van der Waals surface area (Å²) in [4.78, 5) is 61.2. The molecule has 0 aromatic heterocycles. The molecular formula is C21H20N2O6S2. The lowest BCUT2D eigenvalue weighted by Crippen LogP contribution is -2.66. The molecule has 0 radical (unpaired) electrons. The molecule has 31 heavy (non-hydrogen) atoms. The van der Waals surface area contributed by atoms with Crippen LogP contribution >= 0.6 is 23.5 Å². The number of benzene rings is 2. The average molecular weight is 461 g/mol. The Balaban J connectivity index is 2.09. The molecule has 0 bridgehead atoms. The van der Waals surface area contributed by atoms with E-state index in [4.69, 9.17) is 11.5 Å². The Morgan fingerprint density at radius 1 is 0.742 bits per heavy atom. The normalized spacial score (nSPS) is 11.2. The smallest absolute Gasteiger partial charge is 0.339 e. The van der Waals surface area contributed by atoms with E-state index in [1.807, 2.05) is 0 Å². The molecule has 0 heterocycles. The lowest BCUT2D eigenvalue weighted by molar-refractivity contribution is -0.151.